The maximum absolute atomic E-state index is 9.82. The summed E-state index contributed by atoms with van der Waals surface area (Å²) in [4.78, 5) is 6.59. The number of aromatic nitrogens is 1. The van der Waals surface area contributed by atoms with Gasteiger partial charge in [0.25, 0.3) is 0 Å². The van der Waals surface area contributed by atoms with Gasteiger partial charge in [0.05, 0.1) is 12.7 Å². The Balaban J connectivity index is 2.95. The van der Waals surface area contributed by atoms with Crippen molar-refractivity contribution in [3.63, 3.8) is 0 Å². The average Bonchev–Trinajstić information content (AvgIpc) is 2.34. The van der Waals surface area contributed by atoms with E-state index in [-0.39, 0.29) is 0 Å². The van der Waals surface area contributed by atoms with E-state index in [0.717, 1.165) is 24.5 Å². The molecule has 0 bridgehead atoms. The van der Waals surface area contributed by atoms with Crippen molar-refractivity contribution in [2.24, 2.45) is 5.92 Å². The molecule has 1 aromatic heterocycles. The molecule has 0 amide bonds. The Bertz CT molecular complexity index is 353. The summed E-state index contributed by atoms with van der Waals surface area (Å²) in [6.45, 7) is 8.45. The standard InChI is InChI=1S/C14H24N2O2/c1-11(2)10-16(8-9-18-4)14-13(12(3)17)6-5-7-15-14/h5-7,11-12,17H,8-10H2,1-4H3. The summed E-state index contributed by atoms with van der Waals surface area (Å²) in [5.74, 6) is 1.39. The molecule has 1 N–H and O–H groups in total. The van der Waals surface area contributed by atoms with Crippen LogP contribution in [0.25, 0.3) is 0 Å². The highest BCUT2D eigenvalue weighted by Gasteiger charge is 2.16. The lowest BCUT2D eigenvalue weighted by Gasteiger charge is -2.28. The zero-order chi connectivity index (χ0) is 13.5. The van der Waals surface area contributed by atoms with Gasteiger partial charge in [-0.3, -0.25) is 0 Å². The van der Waals surface area contributed by atoms with Crippen molar-refractivity contribution in [1.29, 1.82) is 0 Å². The minimum absolute atomic E-state index is 0.508. The number of anilines is 1. The number of hydrogen-bond donors (Lipinski definition) is 1. The smallest absolute Gasteiger partial charge is 0.134 e. The zero-order valence-electron chi connectivity index (χ0n) is 11.8. The Morgan fingerprint density at radius 1 is 1.39 bits per heavy atom. The van der Waals surface area contributed by atoms with E-state index in [4.69, 9.17) is 4.74 Å². The number of rotatable bonds is 7. The summed E-state index contributed by atoms with van der Waals surface area (Å²) in [6.07, 6.45) is 1.26. The van der Waals surface area contributed by atoms with Crippen LogP contribution in [0.4, 0.5) is 5.82 Å². The molecule has 4 heteroatoms. The lowest BCUT2D eigenvalue weighted by molar-refractivity contribution is 0.196. The van der Waals surface area contributed by atoms with Crippen molar-refractivity contribution >= 4 is 5.82 Å². The molecule has 4 nitrogen and oxygen atoms in total. The summed E-state index contributed by atoms with van der Waals surface area (Å²) in [5.41, 5.74) is 0.870. The third-order valence-electron chi connectivity index (χ3n) is 2.72. The molecule has 18 heavy (non-hydrogen) atoms. The van der Waals surface area contributed by atoms with E-state index in [1.54, 1.807) is 20.2 Å². The largest absolute Gasteiger partial charge is 0.389 e. The van der Waals surface area contributed by atoms with Gasteiger partial charge < -0.3 is 14.7 Å². The molecule has 102 valence electrons. The van der Waals surface area contributed by atoms with E-state index in [0.29, 0.717) is 12.5 Å². The minimum atomic E-state index is -0.508. The Morgan fingerprint density at radius 3 is 2.67 bits per heavy atom. The lowest BCUT2D eigenvalue weighted by atomic mass is 10.1. The molecule has 0 aliphatic rings. The van der Waals surface area contributed by atoms with Crippen LogP contribution in [0.2, 0.25) is 0 Å². The Hall–Kier alpha value is -1.13. The summed E-state index contributed by atoms with van der Waals surface area (Å²) in [6, 6.07) is 3.78. The third kappa shape index (κ3) is 4.27. The van der Waals surface area contributed by atoms with Gasteiger partial charge in [-0.25, -0.2) is 4.98 Å². The molecular formula is C14H24N2O2. The molecule has 0 saturated carbocycles. The molecule has 0 aromatic carbocycles. The average molecular weight is 252 g/mol. The predicted molar refractivity (Wildman–Crippen MR) is 73.8 cm³/mol. The molecule has 1 unspecified atom stereocenters. The highest BCUT2D eigenvalue weighted by atomic mass is 16.5. The van der Waals surface area contributed by atoms with Crippen LogP contribution in [0.3, 0.4) is 0 Å². The monoisotopic (exact) mass is 252 g/mol. The van der Waals surface area contributed by atoms with Crippen LogP contribution in [-0.2, 0) is 4.74 Å². The van der Waals surface area contributed by atoms with Crippen molar-refractivity contribution in [2.75, 3.05) is 31.7 Å². The Morgan fingerprint density at radius 2 is 2.11 bits per heavy atom. The van der Waals surface area contributed by atoms with Crippen LogP contribution in [0.5, 0.6) is 0 Å². The predicted octanol–water partition coefficient (Wildman–Crippen LogP) is 2.24. The summed E-state index contributed by atoms with van der Waals surface area (Å²) in [7, 11) is 1.70. The SMILES string of the molecule is COCCN(CC(C)C)c1ncccc1C(C)O. The number of hydrogen-bond acceptors (Lipinski definition) is 4. The van der Waals surface area contributed by atoms with E-state index >= 15 is 0 Å². The molecule has 0 aliphatic heterocycles. The highest BCUT2D eigenvalue weighted by Crippen LogP contribution is 2.24. The molecule has 0 aliphatic carbocycles. The second kappa shape index (κ2) is 7.34. The van der Waals surface area contributed by atoms with Gasteiger partial charge in [0.1, 0.15) is 5.82 Å². The molecule has 0 spiro atoms. The van der Waals surface area contributed by atoms with Gasteiger partial charge in [-0.2, -0.15) is 0 Å². The second-order valence-electron chi connectivity index (χ2n) is 4.92. The molecule has 1 rings (SSSR count). The second-order valence-corrected chi connectivity index (χ2v) is 4.92. The van der Waals surface area contributed by atoms with E-state index < -0.39 is 6.10 Å². The number of nitrogens with zero attached hydrogens (tertiary/aromatic N) is 2. The summed E-state index contributed by atoms with van der Waals surface area (Å²) >= 11 is 0. The number of methoxy groups -OCH3 is 1. The van der Waals surface area contributed by atoms with Gasteiger partial charge in [-0.1, -0.05) is 19.9 Å². The number of pyridine rings is 1. The fourth-order valence-electron chi connectivity index (χ4n) is 1.93. The van der Waals surface area contributed by atoms with E-state index in [2.05, 4.69) is 23.7 Å². The van der Waals surface area contributed by atoms with E-state index in [1.165, 1.54) is 0 Å². The quantitative estimate of drug-likeness (QED) is 0.808. The van der Waals surface area contributed by atoms with E-state index in [1.807, 2.05) is 12.1 Å². The fourth-order valence-corrected chi connectivity index (χ4v) is 1.93. The first kappa shape index (κ1) is 14.9. The van der Waals surface area contributed by atoms with Crippen molar-refractivity contribution < 1.29 is 9.84 Å². The van der Waals surface area contributed by atoms with E-state index in [9.17, 15) is 5.11 Å². The van der Waals surface area contributed by atoms with Crippen LogP contribution >= 0.6 is 0 Å². The van der Waals surface area contributed by atoms with Crippen molar-refractivity contribution in [3.05, 3.63) is 23.9 Å². The maximum atomic E-state index is 9.82. The first-order valence-corrected chi connectivity index (χ1v) is 6.43. The molecule has 0 fully saturated rings. The number of aliphatic hydroxyl groups excluding tert-OH is 1. The molecule has 1 atom stereocenters. The zero-order valence-corrected chi connectivity index (χ0v) is 11.8. The number of aliphatic hydroxyl groups is 1. The molecular weight excluding hydrogens is 228 g/mol. The van der Waals surface area contributed by atoms with Crippen LogP contribution < -0.4 is 4.90 Å². The third-order valence-corrected chi connectivity index (χ3v) is 2.72. The number of ether oxygens (including phenoxy) is 1. The maximum Gasteiger partial charge on any atom is 0.134 e. The highest BCUT2D eigenvalue weighted by molar-refractivity contribution is 5.47. The molecule has 0 radical (unpaired) electrons. The molecule has 1 heterocycles. The van der Waals surface area contributed by atoms with Crippen molar-refractivity contribution in [2.45, 2.75) is 26.9 Å². The Kier molecular flexibility index (Phi) is 6.09. The van der Waals surface area contributed by atoms with Crippen LogP contribution in [0, 0.1) is 5.92 Å². The first-order valence-electron chi connectivity index (χ1n) is 6.43. The van der Waals surface area contributed by atoms with Gasteiger partial charge in [-0.05, 0) is 18.9 Å². The molecule has 1 aromatic rings. The first-order chi connectivity index (χ1) is 8.56. The van der Waals surface area contributed by atoms with Gasteiger partial charge in [0, 0.05) is 32.0 Å². The lowest BCUT2D eigenvalue weighted by Crippen LogP contribution is -2.32. The topological polar surface area (TPSA) is 45.6 Å². The Labute approximate surface area is 110 Å². The van der Waals surface area contributed by atoms with Gasteiger partial charge >= 0.3 is 0 Å². The van der Waals surface area contributed by atoms with Gasteiger partial charge in [-0.15, -0.1) is 0 Å². The van der Waals surface area contributed by atoms with Crippen LogP contribution in [-0.4, -0.2) is 36.9 Å². The minimum Gasteiger partial charge on any atom is -0.389 e. The summed E-state index contributed by atoms with van der Waals surface area (Å²) < 4.78 is 5.14. The van der Waals surface area contributed by atoms with Crippen LogP contribution in [0.1, 0.15) is 32.4 Å². The van der Waals surface area contributed by atoms with Crippen molar-refractivity contribution in [3.8, 4) is 0 Å². The normalized spacial score (nSPS) is 12.8. The van der Waals surface area contributed by atoms with Crippen molar-refractivity contribution in [1.82, 2.24) is 4.98 Å². The van der Waals surface area contributed by atoms with Gasteiger partial charge in [0.15, 0.2) is 0 Å². The fraction of sp³-hybridized carbons (Fsp3) is 0.643. The van der Waals surface area contributed by atoms with Gasteiger partial charge in [0.2, 0.25) is 0 Å². The molecule has 0 saturated heterocycles. The van der Waals surface area contributed by atoms with Crippen LogP contribution in [0.15, 0.2) is 18.3 Å². The summed E-state index contributed by atoms with van der Waals surface area (Å²) in [5, 5.41) is 9.82.